The molecule has 0 spiro atoms. The first-order valence-corrected chi connectivity index (χ1v) is 5.38. The maximum absolute atomic E-state index is 6.02. The highest BCUT2D eigenvalue weighted by Gasteiger charge is 2.09. The summed E-state index contributed by atoms with van der Waals surface area (Å²) in [6, 6.07) is 0.392. The molecular formula is C10H17ClN2O. The Bertz CT molecular complexity index is 286. The average Bonchev–Trinajstić information content (AvgIpc) is 2.56. The van der Waals surface area contributed by atoms with Gasteiger partial charge >= 0.3 is 0 Å². The van der Waals surface area contributed by atoms with E-state index in [-0.39, 0.29) is 0 Å². The highest BCUT2D eigenvalue weighted by molar-refractivity contribution is 6.31. The summed E-state index contributed by atoms with van der Waals surface area (Å²) >= 11 is 6.02. The van der Waals surface area contributed by atoms with Gasteiger partial charge < -0.3 is 4.74 Å². The first kappa shape index (κ1) is 11.5. The lowest BCUT2D eigenvalue weighted by Gasteiger charge is -2.07. The first-order chi connectivity index (χ1) is 6.69. The van der Waals surface area contributed by atoms with Gasteiger partial charge in [-0.25, -0.2) is 0 Å². The summed E-state index contributed by atoms with van der Waals surface area (Å²) in [6.07, 6.45) is 2.91. The first-order valence-electron chi connectivity index (χ1n) is 5.00. The van der Waals surface area contributed by atoms with Gasteiger partial charge in [-0.1, -0.05) is 18.5 Å². The summed E-state index contributed by atoms with van der Waals surface area (Å²) in [5.41, 5.74) is 0.828. The van der Waals surface area contributed by atoms with Crippen LogP contribution in [0.2, 0.25) is 5.02 Å². The van der Waals surface area contributed by atoms with Crippen molar-refractivity contribution >= 4 is 11.6 Å². The number of halogens is 1. The minimum absolute atomic E-state index is 0.392. The molecule has 3 nitrogen and oxygen atoms in total. The van der Waals surface area contributed by atoms with Crippen molar-refractivity contribution in [2.45, 2.75) is 39.8 Å². The van der Waals surface area contributed by atoms with Gasteiger partial charge in [0.1, 0.15) is 5.69 Å². The second-order valence-electron chi connectivity index (χ2n) is 3.30. The zero-order valence-electron chi connectivity index (χ0n) is 8.96. The molecule has 4 heteroatoms. The zero-order chi connectivity index (χ0) is 10.6. The van der Waals surface area contributed by atoms with Crippen molar-refractivity contribution < 1.29 is 4.74 Å². The molecule has 0 aliphatic heterocycles. The molecule has 0 amide bonds. The Morgan fingerprint density at radius 3 is 2.86 bits per heavy atom. The summed E-state index contributed by atoms with van der Waals surface area (Å²) in [7, 11) is 0. The minimum atomic E-state index is 0.392. The largest absolute Gasteiger partial charge is 0.375 e. The average molecular weight is 217 g/mol. The maximum Gasteiger partial charge on any atom is 0.107 e. The van der Waals surface area contributed by atoms with Crippen LogP contribution in [0.25, 0.3) is 0 Å². The van der Waals surface area contributed by atoms with Gasteiger partial charge in [0, 0.05) is 18.8 Å². The van der Waals surface area contributed by atoms with Crippen LogP contribution in [0.15, 0.2) is 6.20 Å². The van der Waals surface area contributed by atoms with Crippen molar-refractivity contribution in [2.24, 2.45) is 0 Å². The molecular weight excluding hydrogens is 200 g/mol. The van der Waals surface area contributed by atoms with E-state index in [1.165, 1.54) is 0 Å². The minimum Gasteiger partial charge on any atom is -0.375 e. The van der Waals surface area contributed by atoms with Crippen molar-refractivity contribution in [2.75, 3.05) is 6.61 Å². The Morgan fingerprint density at radius 1 is 1.57 bits per heavy atom. The van der Waals surface area contributed by atoms with Gasteiger partial charge in [-0.15, -0.1) is 0 Å². The standard InChI is InChI=1S/C10H17ClN2O/c1-4-8(3)13-6-9(11)10(12-13)7-14-5-2/h6,8H,4-5,7H2,1-3H3. The van der Waals surface area contributed by atoms with E-state index in [9.17, 15) is 0 Å². The number of hydrogen-bond acceptors (Lipinski definition) is 2. The third-order valence-electron chi connectivity index (χ3n) is 2.24. The number of aromatic nitrogens is 2. The zero-order valence-corrected chi connectivity index (χ0v) is 9.71. The van der Waals surface area contributed by atoms with Gasteiger partial charge in [0.2, 0.25) is 0 Å². The molecule has 1 heterocycles. The molecule has 0 radical (unpaired) electrons. The lowest BCUT2D eigenvalue weighted by atomic mass is 10.3. The third-order valence-corrected chi connectivity index (χ3v) is 2.56. The monoisotopic (exact) mass is 216 g/mol. The highest BCUT2D eigenvalue weighted by Crippen LogP contribution is 2.18. The predicted octanol–water partition coefficient (Wildman–Crippen LogP) is 3.04. The molecule has 1 atom stereocenters. The molecule has 0 fully saturated rings. The van der Waals surface area contributed by atoms with Gasteiger partial charge in [0.05, 0.1) is 11.6 Å². The lowest BCUT2D eigenvalue weighted by molar-refractivity contribution is 0.130. The van der Waals surface area contributed by atoms with E-state index < -0.39 is 0 Å². The van der Waals surface area contributed by atoms with Crippen LogP contribution in [0.1, 0.15) is 38.9 Å². The van der Waals surface area contributed by atoms with Gasteiger partial charge in [-0.2, -0.15) is 5.10 Å². The topological polar surface area (TPSA) is 27.1 Å². The Balaban J connectivity index is 2.71. The van der Waals surface area contributed by atoms with Crippen LogP contribution in [0.5, 0.6) is 0 Å². The Kier molecular flexibility index (Phi) is 4.42. The fourth-order valence-corrected chi connectivity index (χ4v) is 1.31. The van der Waals surface area contributed by atoms with Gasteiger partial charge in [-0.05, 0) is 20.3 Å². The fraction of sp³-hybridized carbons (Fsp3) is 0.700. The van der Waals surface area contributed by atoms with E-state index in [4.69, 9.17) is 16.3 Å². The van der Waals surface area contributed by atoms with Crippen LogP contribution in [-0.4, -0.2) is 16.4 Å². The quantitative estimate of drug-likeness (QED) is 0.757. The molecule has 0 saturated heterocycles. The summed E-state index contributed by atoms with van der Waals surface area (Å²) < 4.78 is 7.17. The molecule has 0 bridgehead atoms. The molecule has 1 aromatic heterocycles. The van der Waals surface area contributed by atoms with Crippen LogP contribution >= 0.6 is 11.6 Å². The molecule has 0 saturated carbocycles. The summed E-state index contributed by atoms with van der Waals surface area (Å²) in [5.74, 6) is 0. The van der Waals surface area contributed by atoms with Crippen molar-refractivity contribution in [3.8, 4) is 0 Å². The van der Waals surface area contributed by atoms with E-state index in [1.807, 2.05) is 17.8 Å². The van der Waals surface area contributed by atoms with Gasteiger partial charge in [0.25, 0.3) is 0 Å². The van der Waals surface area contributed by atoms with Crippen molar-refractivity contribution in [1.82, 2.24) is 9.78 Å². The normalized spacial score (nSPS) is 13.1. The number of hydrogen-bond donors (Lipinski definition) is 0. The van der Waals surface area contributed by atoms with E-state index >= 15 is 0 Å². The summed E-state index contributed by atoms with van der Waals surface area (Å²) in [6.45, 7) is 7.39. The number of nitrogens with zero attached hydrogens (tertiary/aromatic N) is 2. The lowest BCUT2D eigenvalue weighted by Crippen LogP contribution is -2.05. The molecule has 1 unspecified atom stereocenters. The van der Waals surface area contributed by atoms with E-state index in [0.29, 0.717) is 24.3 Å². The van der Waals surface area contributed by atoms with Crippen molar-refractivity contribution in [3.63, 3.8) is 0 Å². The Morgan fingerprint density at radius 2 is 2.29 bits per heavy atom. The smallest absolute Gasteiger partial charge is 0.107 e. The Labute approximate surface area is 90.0 Å². The maximum atomic E-state index is 6.02. The summed E-state index contributed by atoms with van der Waals surface area (Å²) in [5, 5.41) is 5.07. The second kappa shape index (κ2) is 5.37. The second-order valence-corrected chi connectivity index (χ2v) is 3.71. The molecule has 0 aliphatic rings. The summed E-state index contributed by atoms with van der Waals surface area (Å²) in [4.78, 5) is 0. The van der Waals surface area contributed by atoms with Crippen LogP contribution in [0.4, 0.5) is 0 Å². The van der Waals surface area contributed by atoms with Crippen LogP contribution < -0.4 is 0 Å². The molecule has 80 valence electrons. The molecule has 1 rings (SSSR count). The third kappa shape index (κ3) is 2.72. The number of ether oxygens (including phenoxy) is 1. The van der Waals surface area contributed by atoms with Crippen molar-refractivity contribution in [1.29, 1.82) is 0 Å². The highest BCUT2D eigenvalue weighted by atomic mass is 35.5. The predicted molar refractivity (Wildman–Crippen MR) is 57.6 cm³/mol. The van der Waals surface area contributed by atoms with Crippen LogP contribution in [0, 0.1) is 0 Å². The van der Waals surface area contributed by atoms with Gasteiger partial charge in [-0.3, -0.25) is 4.68 Å². The van der Waals surface area contributed by atoms with E-state index in [1.54, 1.807) is 0 Å². The van der Waals surface area contributed by atoms with E-state index in [0.717, 1.165) is 12.1 Å². The van der Waals surface area contributed by atoms with E-state index in [2.05, 4.69) is 18.9 Å². The molecule has 0 aliphatic carbocycles. The van der Waals surface area contributed by atoms with Crippen LogP contribution in [0.3, 0.4) is 0 Å². The SMILES string of the molecule is CCOCc1nn(C(C)CC)cc1Cl. The van der Waals surface area contributed by atoms with Gasteiger partial charge in [0.15, 0.2) is 0 Å². The van der Waals surface area contributed by atoms with Crippen molar-refractivity contribution in [3.05, 3.63) is 16.9 Å². The molecule has 0 N–H and O–H groups in total. The van der Waals surface area contributed by atoms with Crippen LogP contribution in [-0.2, 0) is 11.3 Å². The molecule has 0 aromatic carbocycles. The molecule has 1 aromatic rings. The molecule has 14 heavy (non-hydrogen) atoms. The number of rotatable bonds is 5. The Hall–Kier alpha value is -0.540. The fourth-order valence-electron chi connectivity index (χ4n) is 1.12.